The van der Waals surface area contributed by atoms with E-state index in [1.165, 1.54) is 5.56 Å². The van der Waals surface area contributed by atoms with Crippen molar-refractivity contribution in [3.8, 4) is 22.9 Å². The van der Waals surface area contributed by atoms with E-state index in [0.29, 0.717) is 17.3 Å². The normalized spacial score (nSPS) is 10.7. The van der Waals surface area contributed by atoms with Gasteiger partial charge in [0.05, 0.1) is 0 Å². The second kappa shape index (κ2) is 8.01. The summed E-state index contributed by atoms with van der Waals surface area (Å²) in [6, 6.07) is 20.7. The molecule has 0 aliphatic carbocycles. The Morgan fingerprint density at radius 3 is 2.03 bits per heavy atom. The quantitative estimate of drug-likeness (QED) is 0.414. The lowest BCUT2D eigenvalue weighted by atomic mass is 10.1. The molecule has 4 aromatic rings. The van der Waals surface area contributed by atoms with E-state index in [1.54, 1.807) is 24.3 Å². The molecule has 6 heteroatoms. The van der Waals surface area contributed by atoms with Crippen LogP contribution in [0.25, 0.3) is 22.9 Å². The van der Waals surface area contributed by atoms with Gasteiger partial charge in [-0.25, -0.2) is 0 Å². The molecule has 0 atom stereocenters. The van der Waals surface area contributed by atoms with Crippen LogP contribution in [0.15, 0.2) is 75.6 Å². The van der Waals surface area contributed by atoms with Gasteiger partial charge in [0.15, 0.2) is 0 Å². The highest BCUT2D eigenvalue weighted by atomic mass is 79.9. The third-order valence-electron chi connectivity index (χ3n) is 4.55. The minimum Gasteiger partial charge on any atom is -0.416 e. The van der Waals surface area contributed by atoms with Crippen LogP contribution in [0.2, 0.25) is 0 Å². The first-order chi connectivity index (χ1) is 14.0. The van der Waals surface area contributed by atoms with Crippen molar-refractivity contribution in [1.29, 1.82) is 0 Å². The van der Waals surface area contributed by atoms with Gasteiger partial charge in [0.25, 0.3) is 5.91 Å². The molecule has 0 saturated carbocycles. The molecule has 0 bridgehead atoms. The van der Waals surface area contributed by atoms with Crippen molar-refractivity contribution in [3.63, 3.8) is 0 Å². The maximum absolute atomic E-state index is 12.5. The molecule has 144 valence electrons. The summed E-state index contributed by atoms with van der Waals surface area (Å²) in [5.74, 6) is 0.705. The molecule has 1 amide bonds. The zero-order chi connectivity index (χ0) is 20.4. The molecule has 0 spiro atoms. The molecular formula is C23H18BrN3O2. The smallest absolute Gasteiger partial charge is 0.255 e. The third kappa shape index (κ3) is 4.27. The fourth-order valence-electron chi connectivity index (χ4n) is 2.88. The van der Waals surface area contributed by atoms with Gasteiger partial charge in [0.1, 0.15) is 0 Å². The number of aromatic nitrogens is 2. The lowest BCUT2D eigenvalue weighted by Crippen LogP contribution is -2.12. The number of carbonyl (C=O) groups excluding carboxylic acids is 1. The Labute approximate surface area is 176 Å². The largest absolute Gasteiger partial charge is 0.416 e. The molecule has 3 aromatic carbocycles. The molecule has 5 nitrogen and oxygen atoms in total. The van der Waals surface area contributed by atoms with Gasteiger partial charge in [-0.2, -0.15) is 0 Å². The van der Waals surface area contributed by atoms with E-state index in [2.05, 4.69) is 31.4 Å². The van der Waals surface area contributed by atoms with E-state index in [-0.39, 0.29) is 5.91 Å². The minimum absolute atomic E-state index is 0.173. The van der Waals surface area contributed by atoms with Crippen LogP contribution in [0.4, 0.5) is 5.69 Å². The van der Waals surface area contributed by atoms with E-state index < -0.39 is 0 Å². The maximum atomic E-state index is 12.5. The number of benzene rings is 3. The van der Waals surface area contributed by atoms with Gasteiger partial charge in [-0.15, -0.1) is 10.2 Å². The fourth-order valence-corrected chi connectivity index (χ4v) is 3.35. The molecule has 1 N–H and O–H groups in total. The summed E-state index contributed by atoms with van der Waals surface area (Å²) >= 11 is 3.42. The molecule has 0 unspecified atom stereocenters. The number of hydrogen-bond acceptors (Lipinski definition) is 4. The summed E-state index contributed by atoms with van der Waals surface area (Å²) in [7, 11) is 0. The van der Waals surface area contributed by atoms with Gasteiger partial charge in [-0.05, 0) is 74.0 Å². The SMILES string of the molecule is Cc1ccc(-c2nnc(-c3ccc(C(=O)Nc4ccc(Br)cc4C)cc3)o2)cc1. The highest BCUT2D eigenvalue weighted by Gasteiger charge is 2.12. The highest BCUT2D eigenvalue weighted by molar-refractivity contribution is 9.10. The zero-order valence-electron chi connectivity index (χ0n) is 15.9. The van der Waals surface area contributed by atoms with Crippen LogP contribution in [-0.4, -0.2) is 16.1 Å². The van der Waals surface area contributed by atoms with Gasteiger partial charge in [0.2, 0.25) is 11.8 Å². The fraction of sp³-hybridized carbons (Fsp3) is 0.0870. The third-order valence-corrected chi connectivity index (χ3v) is 5.05. The Bertz CT molecular complexity index is 1170. The van der Waals surface area contributed by atoms with Gasteiger partial charge >= 0.3 is 0 Å². The van der Waals surface area contributed by atoms with Gasteiger partial charge < -0.3 is 9.73 Å². The Kier molecular flexibility index (Phi) is 5.27. The van der Waals surface area contributed by atoms with Gasteiger partial charge in [0, 0.05) is 26.9 Å². The van der Waals surface area contributed by atoms with E-state index in [4.69, 9.17) is 4.42 Å². The first-order valence-corrected chi connectivity index (χ1v) is 9.87. The molecule has 0 radical (unpaired) electrons. The topological polar surface area (TPSA) is 68.0 Å². The van der Waals surface area contributed by atoms with Crippen LogP contribution >= 0.6 is 15.9 Å². The zero-order valence-corrected chi connectivity index (χ0v) is 17.5. The molecule has 0 aliphatic rings. The Hall–Kier alpha value is -3.25. The van der Waals surface area contributed by atoms with E-state index in [1.807, 2.05) is 56.3 Å². The summed E-state index contributed by atoms with van der Waals surface area (Å²) in [4.78, 5) is 12.5. The lowest BCUT2D eigenvalue weighted by molar-refractivity contribution is 0.102. The number of aryl methyl sites for hydroxylation is 2. The van der Waals surface area contributed by atoms with Crippen molar-refractivity contribution in [2.75, 3.05) is 5.32 Å². The van der Waals surface area contributed by atoms with Crippen LogP contribution in [0, 0.1) is 13.8 Å². The maximum Gasteiger partial charge on any atom is 0.255 e. The molecule has 4 rings (SSSR count). The summed E-state index contributed by atoms with van der Waals surface area (Å²) < 4.78 is 6.77. The number of rotatable bonds is 4. The van der Waals surface area contributed by atoms with Crippen LogP contribution in [0.3, 0.4) is 0 Å². The molecule has 1 heterocycles. The van der Waals surface area contributed by atoms with Crippen molar-refractivity contribution in [2.45, 2.75) is 13.8 Å². The molecular weight excluding hydrogens is 430 g/mol. The molecule has 0 saturated heterocycles. The summed E-state index contributed by atoms with van der Waals surface area (Å²) in [6.45, 7) is 3.98. The van der Waals surface area contributed by atoms with Gasteiger partial charge in [-0.1, -0.05) is 33.6 Å². The Morgan fingerprint density at radius 1 is 0.862 bits per heavy atom. The van der Waals surface area contributed by atoms with Crippen LogP contribution < -0.4 is 5.32 Å². The minimum atomic E-state index is -0.173. The number of hydrogen-bond donors (Lipinski definition) is 1. The standard InChI is InChI=1S/C23H18BrN3O2/c1-14-3-5-17(6-4-14)22-26-27-23(29-22)18-9-7-16(8-10-18)21(28)25-20-12-11-19(24)13-15(20)2/h3-13H,1-2H3,(H,25,28). The summed E-state index contributed by atoms with van der Waals surface area (Å²) in [5, 5.41) is 11.2. The highest BCUT2D eigenvalue weighted by Crippen LogP contribution is 2.25. The van der Waals surface area contributed by atoms with Crippen LogP contribution in [0.1, 0.15) is 21.5 Å². The predicted molar refractivity (Wildman–Crippen MR) is 117 cm³/mol. The monoisotopic (exact) mass is 447 g/mol. The number of nitrogens with one attached hydrogen (secondary N) is 1. The van der Waals surface area contributed by atoms with Crippen molar-refractivity contribution in [1.82, 2.24) is 10.2 Å². The first kappa shape index (κ1) is 19.1. The average molecular weight is 448 g/mol. The summed E-state index contributed by atoms with van der Waals surface area (Å²) in [5.41, 5.74) is 5.11. The average Bonchev–Trinajstić information content (AvgIpc) is 3.21. The lowest BCUT2D eigenvalue weighted by Gasteiger charge is -2.09. The van der Waals surface area contributed by atoms with Gasteiger partial charge in [-0.3, -0.25) is 4.79 Å². The van der Waals surface area contributed by atoms with Crippen molar-refractivity contribution in [3.05, 3.63) is 87.9 Å². The first-order valence-electron chi connectivity index (χ1n) is 9.08. The van der Waals surface area contributed by atoms with Crippen molar-refractivity contribution in [2.24, 2.45) is 0 Å². The van der Waals surface area contributed by atoms with Crippen LogP contribution in [-0.2, 0) is 0 Å². The molecule has 1 aromatic heterocycles. The molecule has 0 fully saturated rings. The van der Waals surface area contributed by atoms with E-state index in [0.717, 1.165) is 26.9 Å². The van der Waals surface area contributed by atoms with Crippen LogP contribution in [0.5, 0.6) is 0 Å². The summed E-state index contributed by atoms with van der Waals surface area (Å²) in [6.07, 6.45) is 0. The van der Waals surface area contributed by atoms with E-state index in [9.17, 15) is 4.79 Å². The number of amides is 1. The van der Waals surface area contributed by atoms with Crippen molar-refractivity contribution < 1.29 is 9.21 Å². The van der Waals surface area contributed by atoms with Crippen molar-refractivity contribution >= 4 is 27.5 Å². The Balaban J connectivity index is 1.50. The Morgan fingerprint density at radius 2 is 1.45 bits per heavy atom. The number of halogens is 1. The number of carbonyl (C=O) groups is 1. The molecule has 29 heavy (non-hydrogen) atoms. The number of anilines is 1. The number of nitrogens with zero attached hydrogens (tertiary/aromatic N) is 2. The van der Waals surface area contributed by atoms with E-state index >= 15 is 0 Å². The predicted octanol–water partition coefficient (Wildman–Crippen LogP) is 6.04. The second-order valence-electron chi connectivity index (χ2n) is 6.77. The molecule has 0 aliphatic heterocycles. The second-order valence-corrected chi connectivity index (χ2v) is 7.68.